The number of hydrogen-bond donors (Lipinski definition) is 4. The normalized spacial score (nSPS) is 10.0. The summed E-state index contributed by atoms with van der Waals surface area (Å²) in [5, 5.41) is 11.5. The van der Waals surface area contributed by atoms with Crippen LogP contribution in [-0.4, -0.2) is 41.4 Å². The summed E-state index contributed by atoms with van der Waals surface area (Å²) in [4.78, 5) is 8.02. The molecule has 0 spiro atoms. The van der Waals surface area contributed by atoms with Gasteiger partial charge in [0.25, 0.3) is 0 Å². The van der Waals surface area contributed by atoms with Gasteiger partial charge in [-0.1, -0.05) is 0 Å². The standard InChI is InChI=1S/C8H15N5O2/c9-13-8-6-10-5-7(12-8)11-1-3-15-4-2-14/h5-6,14H,1-4,9H2,(H2,11,12,13). The van der Waals surface area contributed by atoms with Crippen molar-refractivity contribution in [1.82, 2.24) is 9.97 Å². The number of aromatic nitrogens is 2. The predicted octanol–water partition coefficient (Wildman–Crippen LogP) is -0.817. The maximum atomic E-state index is 8.46. The summed E-state index contributed by atoms with van der Waals surface area (Å²) < 4.78 is 5.06. The summed E-state index contributed by atoms with van der Waals surface area (Å²) in [6.07, 6.45) is 3.11. The molecule has 0 amide bonds. The topological polar surface area (TPSA) is 105 Å². The Morgan fingerprint density at radius 1 is 1.33 bits per heavy atom. The molecule has 0 saturated heterocycles. The molecular formula is C8H15N5O2. The van der Waals surface area contributed by atoms with Crippen LogP contribution in [0.4, 0.5) is 11.6 Å². The van der Waals surface area contributed by atoms with Crippen LogP contribution < -0.4 is 16.6 Å². The second-order valence-corrected chi connectivity index (χ2v) is 2.70. The van der Waals surface area contributed by atoms with Crippen LogP contribution in [0, 0.1) is 0 Å². The lowest BCUT2D eigenvalue weighted by Crippen LogP contribution is -2.14. The van der Waals surface area contributed by atoms with Crippen LogP contribution in [0.25, 0.3) is 0 Å². The Labute approximate surface area is 87.6 Å². The number of aliphatic hydroxyl groups is 1. The van der Waals surface area contributed by atoms with Crippen LogP contribution in [0.2, 0.25) is 0 Å². The minimum Gasteiger partial charge on any atom is -0.394 e. The molecule has 7 nitrogen and oxygen atoms in total. The molecule has 84 valence electrons. The fourth-order valence-electron chi connectivity index (χ4n) is 0.939. The van der Waals surface area contributed by atoms with E-state index in [0.717, 1.165) is 0 Å². The number of nitrogens with two attached hydrogens (primary N) is 1. The van der Waals surface area contributed by atoms with Crippen LogP contribution in [0.5, 0.6) is 0 Å². The van der Waals surface area contributed by atoms with Crippen LogP contribution in [0.1, 0.15) is 0 Å². The van der Waals surface area contributed by atoms with Crippen LogP contribution in [0.15, 0.2) is 12.4 Å². The van der Waals surface area contributed by atoms with E-state index in [-0.39, 0.29) is 6.61 Å². The highest BCUT2D eigenvalue weighted by Crippen LogP contribution is 2.03. The van der Waals surface area contributed by atoms with Gasteiger partial charge in [0.15, 0.2) is 5.82 Å². The highest BCUT2D eigenvalue weighted by molar-refractivity contribution is 5.40. The number of hydrogen-bond acceptors (Lipinski definition) is 7. The number of hydrazine groups is 1. The number of rotatable bonds is 7. The molecule has 1 aromatic rings. The Balaban J connectivity index is 2.24. The summed E-state index contributed by atoms with van der Waals surface area (Å²) in [5.74, 6) is 6.30. The van der Waals surface area contributed by atoms with E-state index < -0.39 is 0 Å². The fourth-order valence-corrected chi connectivity index (χ4v) is 0.939. The Kier molecular flexibility index (Phi) is 5.38. The molecule has 0 unspecified atom stereocenters. The van der Waals surface area contributed by atoms with E-state index in [1.165, 1.54) is 6.20 Å². The van der Waals surface area contributed by atoms with Crippen LogP contribution in [-0.2, 0) is 4.74 Å². The Bertz CT molecular complexity index is 283. The fraction of sp³-hybridized carbons (Fsp3) is 0.500. The van der Waals surface area contributed by atoms with Gasteiger partial charge in [-0.25, -0.2) is 10.8 Å². The van der Waals surface area contributed by atoms with Gasteiger partial charge in [0, 0.05) is 6.54 Å². The molecule has 0 aromatic carbocycles. The largest absolute Gasteiger partial charge is 0.394 e. The second-order valence-electron chi connectivity index (χ2n) is 2.70. The first-order chi connectivity index (χ1) is 7.36. The van der Waals surface area contributed by atoms with Gasteiger partial charge < -0.3 is 20.6 Å². The zero-order chi connectivity index (χ0) is 10.9. The van der Waals surface area contributed by atoms with Crippen molar-refractivity contribution in [2.75, 3.05) is 37.1 Å². The van der Waals surface area contributed by atoms with E-state index in [0.29, 0.717) is 31.4 Å². The number of nitrogens with zero attached hydrogens (tertiary/aromatic N) is 2. The zero-order valence-electron chi connectivity index (χ0n) is 8.31. The molecule has 0 fully saturated rings. The molecule has 0 atom stereocenters. The molecule has 0 aliphatic rings. The maximum absolute atomic E-state index is 8.46. The Morgan fingerprint density at radius 3 is 2.87 bits per heavy atom. The summed E-state index contributed by atoms with van der Waals surface area (Å²) in [7, 11) is 0. The van der Waals surface area contributed by atoms with Crippen molar-refractivity contribution in [2.24, 2.45) is 5.84 Å². The highest BCUT2D eigenvalue weighted by Gasteiger charge is 1.95. The lowest BCUT2D eigenvalue weighted by Gasteiger charge is -2.06. The van der Waals surface area contributed by atoms with Gasteiger partial charge in [-0.2, -0.15) is 0 Å². The average Bonchev–Trinajstić information content (AvgIpc) is 2.29. The molecule has 0 saturated carbocycles. The Morgan fingerprint density at radius 2 is 2.13 bits per heavy atom. The van der Waals surface area contributed by atoms with Gasteiger partial charge in [0.05, 0.1) is 32.2 Å². The van der Waals surface area contributed by atoms with Crippen molar-refractivity contribution in [2.45, 2.75) is 0 Å². The van der Waals surface area contributed by atoms with Crippen molar-refractivity contribution in [3.63, 3.8) is 0 Å². The van der Waals surface area contributed by atoms with Crippen molar-refractivity contribution >= 4 is 11.6 Å². The van der Waals surface area contributed by atoms with Crippen molar-refractivity contribution < 1.29 is 9.84 Å². The number of anilines is 2. The van der Waals surface area contributed by atoms with E-state index in [2.05, 4.69) is 20.7 Å². The molecule has 0 radical (unpaired) electrons. The molecule has 1 heterocycles. The van der Waals surface area contributed by atoms with E-state index in [4.69, 9.17) is 15.7 Å². The molecular weight excluding hydrogens is 198 g/mol. The third-order valence-electron chi connectivity index (χ3n) is 1.57. The number of ether oxygens (including phenoxy) is 1. The molecule has 1 rings (SSSR count). The minimum atomic E-state index is 0.0341. The molecule has 5 N–H and O–H groups in total. The highest BCUT2D eigenvalue weighted by atomic mass is 16.5. The first kappa shape index (κ1) is 11.6. The SMILES string of the molecule is NNc1cncc(NCCOCCO)n1. The summed E-state index contributed by atoms with van der Waals surface area (Å²) in [6.45, 7) is 1.48. The molecule has 15 heavy (non-hydrogen) atoms. The number of nitrogen functional groups attached to an aromatic ring is 1. The first-order valence-corrected chi connectivity index (χ1v) is 4.58. The summed E-state index contributed by atoms with van der Waals surface area (Å²) >= 11 is 0. The minimum absolute atomic E-state index is 0.0341. The molecule has 0 aliphatic heterocycles. The Hall–Kier alpha value is -1.44. The summed E-state index contributed by atoms with van der Waals surface area (Å²) in [5.41, 5.74) is 2.40. The van der Waals surface area contributed by atoms with E-state index >= 15 is 0 Å². The predicted molar refractivity (Wildman–Crippen MR) is 56.2 cm³/mol. The molecule has 0 aliphatic carbocycles. The number of aliphatic hydroxyl groups excluding tert-OH is 1. The average molecular weight is 213 g/mol. The smallest absolute Gasteiger partial charge is 0.160 e. The van der Waals surface area contributed by atoms with Crippen molar-refractivity contribution in [3.05, 3.63) is 12.4 Å². The van der Waals surface area contributed by atoms with Crippen molar-refractivity contribution in [3.8, 4) is 0 Å². The third kappa shape index (κ3) is 4.54. The van der Waals surface area contributed by atoms with Gasteiger partial charge in [0.2, 0.25) is 0 Å². The first-order valence-electron chi connectivity index (χ1n) is 4.58. The van der Waals surface area contributed by atoms with Gasteiger partial charge in [-0.05, 0) is 0 Å². The third-order valence-corrected chi connectivity index (χ3v) is 1.57. The molecule has 7 heteroatoms. The monoisotopic (exact) mass is 213 g/mol. The van der Waals surface area contributed by atoms with E-state index in [1.54, 1.807) is 6.20 Å². The van der Waals surface area contributed by atoms with Crippen LogP contribution >= 0.6 is 0 Å². The lowest BCUT2D eigenvalue weighted by molar-refractivity contribution is 0.0992. The van der Waals surface area contributed by atoms with Crippen molar-refractivity contribution in [1.29, 1.82) is 0 Å². The van der Waals surface area contributed by atoms with E-state index in [1.807, 2.05) is 0 Å². The van der Waals surface area contributed by atoms with Gasteiger partial charge in [0.1, 0.15) is 5.82 Å². The molecule has 1 aromatic heterocycles. The zero-order valence-corrected chi connectivity index (χ0v) is 8.31. The summed E-state index contributed by atoms with van der Waals surface area (Å²) in [6, 6.07) is 0. The van der Waals surface area contributed by atoms with Gasteiger partial charge >= 0.3 is 0 Å². The maximum Gasteiger partial charge on any atom is 0.160 e. The lowest BCUT2D eigenvalue weighted by atomic mass is 10.6. The molecule has 0 bridgehead atoms. The quantitative estimate of drug-likeness (QED) is 0.266. The second kappa shape index (κ2) is 6.93. The van der Waals surface area contributed by atoms with Gasteiger partial charge in [-0.3, -0.25) is 4.98 Å². The van der Waals surface area contributed by atoms with Crippen LogP contribution in [0.3, 0.4) is 0 Å². The van der Waals surface area contributed by atoms with Gasteiger partial charge in [-0.15, -0.1) is 0 Å². The number of nitrogens with one attached hydrogen (secondary N) is 2. The van der Waals surface area contributed by atoms with E-state index in [9.17, 15) is 0 Å².